The molecular weight excluding hydrogens is 223 g/mol. The highest BCUT2D eigenvalue weighted by Crippen LogP contribution is 2.30. The van der Waals surface area contributed by atoms with Crippen LogP contribution < -0.4 is 15.4 Å². The van der Waals surface area contributed by atoms with Crippen LogP contribution in [0.3, 0.4) is 0 Å². The first-order chi connectivity index (χ1) is 8.13. The maximum Gasteiger partial charge on any atom is 0.167 e. The molecule has 0 aliphatic carbocycles. The van der Waals surface area contributed by atoms with Gasteiger partial charge in [0.15, 0.2) is 11.6 Å². The van der Waals surface area contributed by atoms with Crippen LogP contribution in [-0.4, -0.2) is 33.9 Å². The molecule has 0 saturated heterocycles. The zero-order chi connectivity index (χ0) is 12.8. The highest BCUT2D eigenvalue weighted by molar-refractivity contribution is 5.70. The number of hydrogen-bond donors (Lipinski definition) is 1. The molecule has 0 aliphatic rings. The second-order valence-electron chi connectivity index (χ2n) is 3.62. The number of nitrogens with zero attached hydrogens (tertiary/aromatic N) is 1. The summed E-state index contributed by atoms with van der Waals surface area (Å²) < 4.78 is 23.4. The zero-order valence-electron chi connectivity index (χ0n) is 10.5. The Labute approximate surface area is 101 Å². The van der Waals surface area contributed by atoms with Crippen LogP contribution in [0.2, 0.25) is 0 Å². The molecule has 0 spiro atoms. The van der Waals surface area contributed by atoms with E-state index in [4.69, 9.17) is 15.2 Å². The number of halogens is 1. The summed E-state index contributed by atoms with van der Waals surface area (Å²) in [5, 5.41) is 0. The molecule has 0 bridgehead atoms. The van der Waals surface area contributed by atoms with Crippen molar-refractivity contribution in [2.75, 3.05) is 44.5 Å². The Morgan fingerprint density at radius 3 is 2.59 bits per heavy atom. The minimum atomic E-state index is -0.448. The van der Waals surface area contributed by atoms with E-state index in [9.17, 15) is 4.39 Å². The fraction of sp³-hybridized carbons (Fsp3) is 0.500. The molecule has 0 fully saturated rings. The minimum Gasteiger partial charge on any atom is -0.494 e. The van der Waals surface area contributed by atoms with Crippen molar-refractivity contribution in [1.82, 2.24) is 0 Å². The number of likely N-dealkylation sites (N-methyl/N-ethyl adjacent to an activating group) is 1. The highest BCUT2D eigenvalue weighted by Gasteiger charge is 2.13. The van der Waals surface area contributed by atoms with Gasteiger partial charge in [0, 0.05) is 32.3 Å². The molecule has 0 saturated carbocycles. The summed E-state index contributed by atoms with van der Waals surface area (Å²) in [6.07, 6.45) is 0. The third-order valence-electron chi connectivity index (χ3n) is 2.59. The van der Waals surface area contributed by atoms with Crippen LogP contribution >= 0.6 is 0 Å². The third kappa shape index (κ3) is 3.23. The van der Waals surface area contributed by atoms with Gasteiger partial charge in [0.1, 0.15) is 0 Å². The van der Waals surface area contributed by atoms with E-state index in [1.54, 1.807) is 13.2 Å². The predicted molar refractivity (Wildman–Crippen MR) is 67.1 cm³/mol. The van der Waals surface area contributed by atoms with Gasteiger partial charge in [-0.15, -0.1) is 0 Å². The number of benzene rings is 1. The van der Waals surface area contributed by atoms with Crippen LogP contribution in [-0.2, 0) is 4.74 Å². The molecule has 17 heavy (non-hydrogen) atoms. The lowest BCUT2D eigenvalue weighted by molar-refractivity contribution is 0.205. The van der Waals surface area contributed by atoms with Gasteiger partial charge < -0.3 is 20.1 Å². The number of hydrogen-bond acceptors (Lipinski definition) is 4. The molecule has 0 radical (unpaired) electrons. The lowest BCUT2D eigenvalue weighted by Crippen LogP contribution is -2.27. The normalized spacial score (nSPS) is 10.4. The van der Waals surface area contributed by atoms with Crippen molar-refractivity contribution in [3.63, 3.8) is 0 Å². The summed E-state index contributed by atoms with van der Waals surface area (Å²) in [6.45, 7) is 4.06. The Hall–Kier alpha value is -1.49. The molecular formula is C12H19FN2O2. The summed E-state index contributed by atoms with van der Waals surface area (Å²) in [5.41, 5.74) is 6.99. The van der Waals surface area contributed by atoms with E-state index in [1.807, 2.05) is 11.8 Å². The molecule has 96 valence electrons. The fourth-order valence-electron chi connectivity index (χ4n) is 1.64. The van der Waals surface area contributed by atoms with Gasteiger partial charge >= 0.3 is 0 Å². The number of methoxy groups -OCH3 is 2. The first kappa shape index (κ1) is 13.6. The van der Waals surface area contributed by atoms with Crippen molar-refractivity contribution in [3.8, 4) is 5.75 Å². The number of nitrogens with two attached hydrogens (primary N) is 1. The van der Waals surface area contributed by atoms with Gasteiger partial charge in [0.05, 0.1) is 25.1 Å². The van der Waals surface area contributed by atoms with Crippen molar-refractivity contribution in [3.05, 3.63) is 17.9 Å². The van der Waals surface area contributed by atoms with Crippen LogP contribution in [0.25, 0.3) is 0 Å². The van der Waals surface area contributed by atoms with Crippen LogP contribution in [0.5, 0.6) is 5.75 Å². The summed E-state index contributed by atoms with van der Waals surface area (Å²) in [6, 6.07) is 2.90. The van der Waals surface area contributed by atoms with E-state index in [1.165, 1.54) is 13.2 Å². The standard InChI is InChI=1S/C12H19FN2O2/c1-4-15(5-6-16-2)11-8-12(17-3)9(13)7-10(11)14/h7-8H,4-6,14H2,1-3H3. The van der Waals surface area contributed by atoms with E-state index in [2.05, 4.69) is 0 Å². The lowest BCUT2D eigenvalue weighted by Gasteiger charge is -2.24. The van der Waals surface area contributed by atoms with Gasteiger partial charge in [-0.1, -0.05) is 0 Å². The van der Waals surface area contributed by atoms with E-state index in [0.717, 1.165) is 12.2 Å². The second-order valence-corrected chi connectivity index (χ2v) is 3.62. The molecule has 2 N–H and O–H groups in total. The van der Waals surface area contributed by atoms with Crippen molar-refractivity contribution >= 4 is 11.4 Å². The van der Waals surface area contributed by atoms with Gasteiger partial charge in [-0.05, 0) is 6.92 Å². The largest absolute Gasteiger partial charge is 0.494 e. The van der Waals surface area contributed by atoms with Crippen LogP contribution in [0.4, 0.5) is 15.8 Å². The predicted octanol–water partition coefficient (Wildman–Crippen LogP) is 1.89. The smallest absolute Gasteiger partial charge is 0.167 e. The van der Waals surface area contributed by atoms with Crippen molar-refractivity contribution in [2.45, 2.75) is 6.92 Å². The molecule has 1 aromatic carbocycles. The van der Waals surface area contributed by atoms with E-state index >= 15 is 0 Å². The Morgan fingerprint density at radius 2 is 2.06 bits per heavy atom. The topological polar surface area (TPSA) is 47.7 Å². The number of rotatable bonds is 6. The van der Waals surface area contributed by atoms with Crippen LogP contribution in [0, 0.1) is 5.82 Å². The van der Waals surface area contributed by atoms with Crippen molar-refractivity contribution < 1.29 is 13.9 Å². The Kier molecular flexibility index (Phi) is 5.03. The van der Waals surface area contributed by atoms with Crippen LogP contribution in [0.15, 0.2) is 12.1 Å². The summed E-state index contributed by atoms with van der Waals surface area (Å²) in [5.74, 6) is -0.249. The highest BCUT2D eigenvalue weighted by atomic mass is 19.1. The Morgan fingerprint density at radius 1 is 1.35 bits per heavy atom. The first-order valence-corrected chi connectivity index (χ1v) is 5.50. The molecule has 5 heteroatoms. The summed E-state index contributed by atoms with van der Waals surface area (Å²) in [7, 11) is 3.08. The monoisotopic (exact) mass is 242 g/mol. The van der Waals surface area contributed by atoms with Gasteiger partial charge in [-0.3, -0.25) is 0 Å². The summed E-state index contributed by atoms with van der Waals surface area (Å²) >= 11 is 0. The average Bonchev–Trinajstić information content (AvgIpc) is 2.32. The molecule has 0 unspecified atom stereocenters. The third-order valence-corrected chi connectivity index (χ3v) is 2.59. The van der Waals surface area contributed by atoms with Gasteiger partial charge in [-0.25, -0.2) is 4.39 Å². The lowest BCUT2D eigenvalue weighted by atomic mass is 10.2. The SMILES string of the molecule is CCN(CCOC)c1cc(OC)c(F)cc1N. The Bertz CT molecular complexity index is 372. The molecule has 0 atom stereocenters. The Balaban J connectivity index is 3.01. The van der Waals surface area contributed by atoms with Crippen molar-refractivity contribution in [1.29, 1.82) is 0 Å². The molecule has 4 nitrogen and oxygen atoms in total. The fourth-order valence-corrected chi connectivity index (χ4v) is 1.64. The molecule has 0 heterocycles. The summed E-state index contributed by atoms with van der Waals surface area (Å²) in [4.78, 5) is 2.01. The van der Waals surface area contributed by atoms with Crippen LogP contribution in [0.1, 0.15) is 6.92 Å². The average molecular weight is 242 g/mol. The minimum absolute atomic E-state index is 0.199. The van der Waals surface area contributed by atoms with E-state index in [0.29, 0.717) is 18.8 Å². The maximum absolute atomic E-state index is 13.4. The molecule has 0 amide bonds. The zero-order valence-corrected chi connectivity index (χ0v) is 10.5. The van der Waals surface area contributed by atoms with E-state index in [-0.39, 0.29) is 5.75 Å². The molecule has 1 rings (SSSR count). The molecule has 1 aromatic rings. The number of anilines is 2. The molecule has 0 aromatic heterocycles. The number of ether oxygens (including phenoxy) is 2. The quantitative estimate of drug-likeness (QED) is 0.774. The maximum atomic E-state index is 13.4. The number of nitrogen functional groups attached to an aromatic ring is 1. The first-order valence-electron chi connectivity index (χ1n) is 5.50. The van der Waals surface area contributed by atoms with Crippen molar-refractivity contribution in [2.24, 2.45) is 0 Å². The van der Waals surface area contributed by atoms with Gasteiger partial charge in [-0.2, -0.15) is 0 Å². The molecule has 0 aliphatic heterocycles. The second kappa shape index (κ2) is 6.30. The van der Waals surface area contributed by atoms with Gasteiger partial charge in [0.25, 0.3) is 0 Å². The van der Waals surface area contributed by atoms with E-state index < -0.39 is 5.82 Å². The van der Waals surface area contributed by atoms with Gasteiger partial charge in [0.2, 0.25) is 0 Å².